The molecule has 0 radical (unpaired) electrons. The predicted octanol–water partition coefficient (Wildman–Crippen LogP) is 4.74. The van der Waals surface area contributed by atoms with E-state index in [1.165, 1.54) is 13.0 Å². The standard InChI is InChI=1S/C24H20ClN3O3S/c1-16(29)27-20-12-6-17(7-13-20)14-24(15-26)23(18-8-10-19(25)11-9-18)28-21-4-2-3-5-22(21)32(24,30)31/h2-13,23,28H,14H2,1H3,(H,27,29). The zero-order chi connectivity index (χ0) is 22.9. The average Bonchev–Trinajstić information content (AvgIpc) is 2.77. The first kappa shape index (κ1) is 21.9. The van der Waals surface area contributed by atoms with Gasteiger partial charge >= 0.3 is 0 Å². The number of benzene rings is 3. The first-order valence-electron chi connectivity index (χ1n) is 9.90. The van der Waals surface area contributed by atoms with Crippen molar-refractivity contribution >= 4 is 38.7 Å². The number of amides is 1. The van der Waals surface area contributed by atoms with Gasteiger partial charge in [-0.25, -0.2) is 8.42 Å². The lowest BCUT2D eigenvalue weighted by molar-refractivity contribution is -0.114. The van der Waals surface area contributed by atoms with Crippen LogP contribution in [0.25, 0.3) is 0 Å². The van der Waals surface area contributed by atoms with Gasteiger partial charge in [0.1, 0.15) is 0 Å². The monoisotopic (exact) mass is 465 g/mol. The SMILES string of the molecule is CC(=O)Nc1ccc(CC2(C#N)C(c3ccc(Cl)cc3)Nc3ccccc3S2(=O)=O)cc1. The number of carbonyl (C=O) groups excluding carboxylic acids is 1. The maximum atomic E-state index is 13.9. The van der Waals surface area contributed by atoms with Gasteiger partial charge in [-0.15, -0.1) is 0 Å². The molecule has 8 heteroatoms. The van der Waals surface area contributed by atoms with Gasteiger partial charge in [0.05, 0.1) is 22.7 Å². The maximum Gasteiger partial charge on any atom is 0.221 e. The van der Waals surface area contributed by atoms with E-state index in [1.807, 2.05) is 0 Å². The molecule has 2 unspecified atom stereocenters. The lowest BCUT2D eigenvalue weighted by atomic mass is 9.87. The predicted molar refractivity (Wildman–Crippen MR) is 124 cm³/mol. The van der Waals surface area contributed by atoms with E-state index >= 15 is 0 Å². The molecule has 2 atom stereocenters. The minimum Gasteiger partial charge on any atom is -0.374 e. The summed E-state index contributed by atoms with van der Waals surface area (Å²) in [5.74, 6) is -0.204. The van der Waals surface area contributed by atoms with Gasteiger partial charge in [0.2, 0.25) is 15.7 Å². The molecule has 6 nitrogen and oxygen atoms in total. The Bertz CT molecular complexity index is 1320. The number of carbonyl (C=O) groups is 1. The Morgan fingerprint density at radius 3 is 2.38 bits per heavy atom. The number of hydrogen-bond acceptors (Lipinski definition) is 5. The van der Waals surface area contributed by atoms with Gasteiger partial charge in [-0.05, 0) is 47.5 Å². The molecule has 162 valence electrons. The summed E-state index contributed by atoms with van der Waals surface area (Å²) < 4.78 is 26.0. The Hall–Kier alpha value is -3.34. The smallest absolute Gasteiger partial charge is 0.221 e. The first-order chi connectivity index (χ1) is 15.3. The van der Waals surface area contributed by atoms with Gasteiger partial charge in [0.15, 0.2) is 4.75 Å². The van der Waals surface area contributed by atoms with Crippen molar-refractivity contribution in [2.75, 3.05) is 10.6 Å². The van der Waals surface area contributed by atoms with Crippen LogP contribution in [0.15, 0.2) is 77.7 Å². The van der Waals surface area contributed by atoms with Crippen molar-refractivity contribution in [2.24, 2.45) is 0 Å². The average molecular weight is 466 g/mol. The molecule has 0 bridgehead atoms. The summed E-state index contributed by atoms with van der Waals surface area (Å²) in [6.07, 6.45) is -0.0409. The van der Waals surface area contributed by atoms with Crippen LogP contribution in [-0.4, -0.2) is 19.1 Å². The van der Waals surface area contributed by atoms with Gasteiger partial charge in [-0.1, -0.05) is 48.0 Å². The molecule has 4 rings (SSSR count). The summed E-state index contributed by atoms with van der Waals surface area (Å²) in [4.78, 5) is 11.4. The molecule has 3 aromatic carbocycles. The van der Waals surface area contributed by atoms with E-state index in [4.69, 9.17) is 11.6 Å². The largest absolute Gasteiger partial charge is 0.374 e. The lowest BCUT2D eigenvalue weighted by Gasteiger charge is -2.40. The molecule has 2 N–H and O–H groups in total. The van der Waals surface area contributed by atoms with Crippen molar-refractivity contribution in [3.63, 3.8) is 0 Å². The van der Waals surface area contributed by atoms with Crippen LogP contribution in [0.3, 0.4) is 0 Å². The number of fused-ring (bicyclic) bond motifs is 1. The van der Waals surface area contributed by atoms with Crippen molar-refractivity contribution in [1.29, 1.82) is 5.26 Å². The Labute approximate surface area is 191 Å². The Kier molecular flexibility index (Phi) is 5.68. The van der Waals surface area contributed by atoms with Crippen LogP contribution in [0.1, 0.15) is 24.1 Å². The van der Waals surface area contributed by atoms with Gasteiger partial charge in [-0.3, -0.25) is 4.79 Å². The zero-order valence-corrected chi connectivity index (χ0v) is 18.7. The number of nitrogens with zero attached hydrogens (tertiary/aromatic N) is 1. The summed E-state index contributed by atoms with van der Waals surface area (Å²) >= 11 is 6.04. The van der Waals surface area contributed by atoms with E-state index < -0.39 is 20.6 Å². The number of rotatable bonds is 4. The quantitative estimate of drug-likeness (QED) is 0.579. The maximum absolute atomic E-state index is 13.9. The first-order valence-corrected chi connectivity index (χ1v) is 11.8. The molecule has 1 aliphatic rings. The Morgan fingerprint density at radius 1 is 1.09 bits per heavy atom. The summed E-state index contributed by atoms with van der Waals surface area (Å²) in [6, 6.07) is 21.6. The fourth-order valence-electron chi connectivity index (χ4n) is 4.03. The van der Waals surface area contributed by atoms with Crippen LogP contribution in [0.4, 0.5) is 11.4 Å². The zero-order valence-electron chi connectivity index (χ0n) is 17.2. The molecule has 32 heavy (non-hydrogen) atoms. The normalized spacial score (nSPS) is 21.0. The van der Waals surface area contributed by atoms with Crippen LogP contribution in [0.2, 0.25) is 5.02 Å². The molecule has 1 aliphatic heterocycles. The number of hydrogen-bond donors (Lipinski definition) is 2. The molecule has 0 aromatic heterocycles. The molecular weight excluding hydrogens is 446 g/mol. The highest BCUT2D eigenvalue weighted by molar-refractivity contribution is 7.93. The molecular formula is C24H20ClN3O3S. The molecule has 0 spiro atoms. The van der Waals surface area contributed by atoms with E-state index in [0.717, 1.165) is 0 Å². The van der Waals surface area contributed by atoms with E-state index in [1.54, 1.807) is 66.7 Å². The molecule has 3 aromatic rings. The fraction of sp³-hybridized carbons (Fsp3) is 0.167. The highest BCUT2D eigenvalue weighted by atomic mass is 35.5. The van der Waals surface area contributed by atoms with Crippen LogP contribution >= 0.6 is 11.6 Å². The van der Waals surface area contributed by atoms with E-state index in [2.05, 4.69) is 16.7 Å². The fourth-order valence-corrected chi connectivity index (χ4v) is 6.20. The molecule has 1 heterocycles. The minimum atomic E-state index is -4.06. The number of anilines is 2. The number of sulfone groups is 1. The van der Waals surface area contributed by atoms with Gasteiger partial charge in [-0.2, -0.15) is 5.26 Å². The van der Waals surface area contributed by atoms with Crippen LogP contribution in [-0.2, 0) is 21.1 Å². The van der Waals surface area contributed by atoms with Crippen molar-refractivity contribution in [2.45, 2.75) is 29.0 Å². The number of para-hydroxylation sites is 1. The number of halogens is 1. The molecule has 1 amide bonds. The molecule has 0 saturated heterocycles. The highest BCUT2D eigenvalue weighted by Gasteiger charge is 2.56. The van der Waals surface area contributed by atoms with Gasteiger partial charge < -0.3 is 10.6 Å². The second-order valence-corrected chi connectivity index (χ2v) is 10.3. The van der Waals surface area contributed by atoms with Gasteiger partial charge in [0, 0.05) is 24.1 Å². The summed E-state index contributed by atoms with van der Waals surface area (Å²) in [5.41, 5.74) is 2.35. The van der Waals surface area contributed by atoms with Crippen molar-refractivity contribution < 1.29 is 13.2 Å². The minimum absolute atomic E-state index is 0.0409. The summed E-state index contributed by atoms with van der Waals surface area (Å²) in [5, 5.41) is 16.9. The lowest BCUT2D eigenvalue weighted by Crippen LogP contribution is -2.51. The molecule has 0 aliphatic carbocycles. The van der Waals surface area contributed by atoms with E-state index in [9.17, 15) is 18.5 Å². The Morgan fingerprint density at radius 2 is 1.75 bits per heavy atom. The van der Waals surface area contributed by atoms with Crippen LogP contribution < -0.4 is 10.6 Å². The number of nitrogens with one attached hydrogen (secondary N) is 2. The third kappa shape index (κ3) is 3.72. The number of nitriles is 1. The Balaban J connectivity index is 1.86. The van der Waals surface area contributed by atoms with Crippen molar-refractivity contribution in [3.8, 4) is 6.07 Å². The topological polar surface area (TPSA) is 99.1 Å². The molecule has 0 fully saturated rings. The third-order valence-corrected chi connectivity index (χ3v) is 8.17. The van der Waals surface area contributed by atoms with Crippen molar-refractivity contribution in [1.82, 2.24) is 0 Å². The van der Waals surface area contributed by atoms with Gasteiger partial charge in [0.25, 0.3) is 0 Å². The highest BCUT2D eigenvalue weighted by Crippen LogP contribution is 2.47. The summed E-state index contributed by atoms with van der Waals surface area (Å²) in [7, 11) is -4.06. The third-order valence-electron chi connectivity index (χ3n) is 5.56. The van der Waals surface area contributed by atoms with E-state index in [-0.39, 0.29) is 17.2 Å². The second kappa shape index (κ2) is 8.30. The molecule has 0 saturated carbocycles. The van der Waals surface area contributed by atoms with Crippen LogP contribution in [0.5, 0.6) is 0 Å². The second-order valence-electron chi connectivity index (χ2n) is 7.68. The summed E-state index contributed by atoms with van der Waals surface area (Å²) in [6.45, 7) is 1.41. The van der Waals surface area contributed by atoms with Crippen LogP contribution in [0, 0.1) is 11.3 Å². The van der Waals surface area contributed by atoms with Crippen molar-refractivity contribution in [3.05, 3.63) is 88.9 Å². The van der Waals surface area contributed by atoms with E-state index in [0.29, 0.717) is 27.5 Å².